The maximum atomic E-state index is 11.5. The smallest absolute Gasteiger partial charge is 0.160 e. The number of ether oxygens (including phenoxy) is 1. The van der Waals surface area contributed by atoms with Gasteiger partial charge in [-0.25, -0.2) is 0 Å². The summed E-state index contributed by atoms with van der Waals surface area (Å²) >= 11 is 0. The predicted octanol–water partition coefficient (Wildman–Crippen LogP) is 1.78. The van der Waals surface area contributed by atoms with E-state index in [1.807, 2.05) is 18.2 Å². The summed E-state index contributed by atoms with van der Waals surface area (Å²) in [7, 11) is 0. The molecule has 4 rings (SSSR count). The molecule has 0 aromatic heterocycles. The molecule has 0 radical (unpaired) electrons. The topological polar surface area (TPSA) is 26.3 Å². The van der Waals surface area contributed by atoms with Crippen LogP contribution in [0.15, 0.2) is 30.3 Å². The molecule has 2 aromatic rings. The number of hydrogen-bond donors (Lipinski definition) is 0. The first-order valence-corrected chi connectivity index (χ1v) is 6.42. The van der Waals surface area contributed by atoms with Crippen LogP contribution in [-0.2, 0) is 4.79 Å². The molecule has 2 aromatic carbocycles. The minimum absolute atomic E-state index is 0.174. The fourth-order valence-electron chi connectivity index (χ4n) is 2.76. The summed E-state index contributed by atoms with van der Waals surface area (Å²) in [6.45, 7) is 0.637. The van der Waals surface area contributed by atoms with Crippen LogP contribution in [0.3, 0.4) is 0 Å². The van der Waals surface area contributed by atoms with E-state index in [2.05, 4.69) is 24.3 Å². The van der Waals surface area contributed by atoms with E-state index >= 15 is 0 Å². The number of hydrogen-bond acceptors (Lipinski definition) is 2. The van der Waals surface area contributed by atoms with Gasteiger partial charge in [-0.2, -0.15) is 0 Å². The Morgan fingerprint density at radius 3 is 3.00 bits per heavy atom. The lowest BCUT2D eigenvalue weighted by molar-refractivity contribution is -0.112. The molecule has 0 bridgehead atoms. The highest BCUT2D eigenvalue weighted by atomic mass is 16.5. The van der Waals surface area contributed by atoms with Crippen LogP contribution in [0.25, 0.3) is 29.0 Å². The molecule has 0 saturated carbocycles. The summed E-state index contributed by atoms with van der Waals surface area (Å²) in [4.78, 5) is 11.5. The molecule has 2 heteroatoms. The Labute approximate surface area is 110 Å². The molecule has 0 atom stereocenters. The lowest BCUT2D eigenvalue weighted by atomic mass is 9.97. The quantitative estimate of drug-likeness (QED) is 0.710. The molecular formula is C17H12O2. The van der Waals surface area contributed by atoms with Crippen LogP contribution in [0.4, 0.5) is 0 Å². The van der Waals surface area contributed by atoms with Crippen LogP contribution in [0, 0.1) is 0 Å². The van der Waals surface area contributed by atoms with Gasteiger partial charge < -0.3 is 4.74 Å². The van der Waals surface area contributed by atoms with Crippen molar-refractivity contribution in [2.24, 2.45) is 0 Å². The van der Waals surface area contributed by atoms with Crippen molar-refractivity contribution in [3.05, 3.63) is 46.3 Å². The summed E-state index contributed by atoms with van der Waals surface area (Å²) in [5.74, 6) is 1.11. The first-order chi connectivity index (χ1) is 9.31. The highest BCUT2D eigenvalue weighted by Crippen LogP contribution is 2.30. The Kier molecular flexibility index (Phi) is 2.12. The van der Waals surface area contributed by atoms with E-state index in [0.29, 0.717) is 13.0 Å². The minimum atomic E-state index is 0.174. The largest absolute Gasteiger partial charge is 0.489 e. The minimum Gasteiger partial charge on any atom is -0.489 e. The molecule has 19 heavy (non-hydrogen) atoms. The third-order valence-corrected chi connectivity index (χ3v) is 3.68. The van der Waals surface area contributed by atoms with E-state index in [4.69, 9.17) is 4.74 Å². The van der Waals surface area contributed by atoms with E-state index in [1.165, 1.54) is 5.39 Å². The number of fused-ring (bicyclic) bond motifs is 4. The lowest BCUT2D eigenvalue weighted by Crippen LogP contribution is -2.29. The molecule has 0 saturated heterocycles. The molecule has 0 amide bonds. The number of Topliss-reactive ketones (excluding diaryl/α,β-unsaturated/α-hetero) is 1. The molecule has 0 N–H and O–H groups in total. The zero-order valence-corrected chi connectivity index (χ0v) is 10.3. The van der Waals surface area contributed by atoms with E-state index in [0.717, 1.165) is 27.1 Å². The van der Waals surface area contributed by atoms with Crippen molar-refractivity contribution in [3.8, 4) is 5.75 Å². The van der Waals surface area contributed by atoms with Gasteiger partial charge in [0.25, 0.3) is 0 Å². The van der Waals surface area contributed by atoms with Crippen LogP contribution in [0.1, 0.15) is 12.0 Å². The Bertz CT molecular complexity index is 857. The fourth-order valence-corrected chi connectivity index (χ4v) is 2.76. The maximum absolute atomic E-state index is 11.5. The summed E-state index contributed by atoms with van der Waals surface area (Å²) in [6.07, 6.45) is 8.39. The van der Waals surface area contributed by atoms with Gasteiger partial charge >= 0.3 is 0 Å². The Morgan fingerprint density at radius 2 is 2.05 bits per heavy atom. The molecule has 1 aliphatic heterocycles. The number of ketones is 1. The van der Waals surface area contributed by atoms with Crippen molar-refractivity contribution in [1.82, 2.24) is 0 Å². The summed E-state index contributed by atoms with van der Waals surface area (Å²) in [5.41, 5.74) is 1.14. The van der Waals surface area contributed by atoms with Crippen LogP contribution in [0.2, 0.25) is 0 Å². The highest BCUT2D eigenvalue weighted by Gasteiger charge is 2.10. The second-order valence-corrected chi connectivity index (χ2v) is 4.91. The van der Waals surface area contributed by atoms with Gasteiger partial charge in [-0.05, 0) is 51.6 Å². The van der Waals surface area contributed by atoms with Crippen molar-refractivity contribution < 1.29 is 9.53 Å². The molecule has 0 fully saturated rings. The molecular weight excluding hydrogens is 236 g/mol. The number of carbonyl (C=O) groups is 1. The van der Waals surface area contributed by atoms with Gasteiger partial charge in [-0.3, -0.25) is 4.79 Å². The van der Waals surface area contributed by atoms with Gasteiger partial charge in [-0.1, -0.05) is 18.2 Å². The molecule has 92 valence electrons. The van der Waals surface area contributed by atoms with Crippen LogP contribution < -0.4 is 15.2 Å². The third-order valence-electron chi connectivity index (χ3n) is 3.68. The molecule has 0 spiro atoms. The SMILES string of the molecule is O=C1C=c2cc3ccc4c(c3cc2=CC1)C=CCO4. The number of carbonyl (C=O) groups excluding carboxylic acids is 1. The van der Waals surface area contributed by atoms with Gasteiger partial charge in [0, 0.05) is 12.0 Å². The average molecular weight is 248 g/mol. The zero-order chi connectivity index (χ0) is 12.8. The van der Waals surface area contributed by atoms with E-state index < -0.39 is 0 Å². The molecule has 2 aliphatic rings. The normalized spacial score (nSPS) is 16.1. The third kappa shape index (κ3) is 1.60. The van der Waals surface area contributed by atoms with Gasteiger partial charge in [0.05, 0.1) is 0 Å². The van der Waals surface area contributed by atoms with Gasteiger partial charge in [0.2, 0.25) is 0 Å². The van der Waals surface area contributed by atoms with Crippen molar-refractivity contribution in [2.45, 2.75) is 6.42 Å². The van der Waals surface area contributed by atoms with Gasteiger partial charge in [-0.15, -0.1) is 0 Å². The van der Waals surface area contributed by atoms with Crippen LogP contribution in [0.5, 0.6) is 5.75 Å². The monoisotopic (exact) mass is 248 g/mol. The van der Waals surface area contributed by atoms with Crippen molar-refractivity contribution in [1.29, 1.82) is 0 Å². The molecule has 1 heterocycles. The van der Waals surface area contributed by atoms with Gasteiger partial charge in [0.1, 0.15) is 12.4 Å². The Morgan fingerprint density at radius 1 is 1.11 bits per heavy atom. The van der Waals surface area contributed by atoms with Crippen molar-refractivity contribution in [2.75, 3.05) is 6.61 Å². The molecule has 1 aliphatic carbocycles. The first-order valence-electron chi connectivity index (χ1n) is 6.42. The van der Waals surface area contributed by atoms with Crippen molar-refractivity contribution in [3.63, 3.8) is 0 Å². The summed E-state index contributed by atoms with van der Waals surface area (Å²) < 4.78 is 5.63. The van der Waals surface area contributed by atoms with E-state index in [1.54, 1.807) is 6.08 Å². The number of benzene rings is 2. The second kappa shape index (κ2) is 3.82. The maximum Gasteiger partial charge on any atom is 0.160 e. The number of rotatable bonds is 0. The Balaban J connectivity index is 2.14. The fraction of sp³-hybridized carbons (Fsp3) is 0.118. The first kappa shape index (κ1) is 10.6. The average Bonchev–Trinajstić information content (AvgIpc) is 2.45. The van der Waals surface area contributed by atoms with Gasteiger partial charge in [0.15, 0.2) is 5.78 Å². The van der Waals surface area contributed by atoms with E-state index in [-0.39, 0.29) is 5.78 Å². The van der Waals surface area contributed by atoms with Crippen molar-refractivity contribution >= 4 is 34.8 Å². The summed E-state index contributed by atoms with van der Waals surface area (Å²) in [6, 6.07) is 8.30. The molecule has 2 nitrogen and oxygen atoms in total. The lowest BCUT2D eigenvalue weighted by Gasteiger charge is -2.15. The second-order valence-electron chi connectivity index (χ2n) is 4.91. The molecule has 0 unspecified atom stereocenters. The highest BCUT2D eigenvalue weighted by molar-refractivity contribution is 6.09. The van der Waals surface area contributed by atoms with Crippen LogP contribution >= 0.6 is 0 Å². The Hall–Kier alpha value is -2.35. The standard InChI is InChI=1S/C17H12O2/c18-14-5-3-11-10-16-12(8-13(11)9-14)4-6-17-15(16)2-1-7-19-17/h1-4,6,8-10H,5,7H2. The van der Waals surface area contributed by atoms with E-state index in [9.17, 15) is 4.79 Å². The zero-order valence-electron chi connectivity index (χ0n) is 10.3. The predicted molar refractivity (Wildman–Crippen MR) is 76.3 cm³/mol. The van der Waals surface area contributed by atoms with Crippen LogP contribution in [-0.4, -0.2) is 12.4 Å². The summed E-state index contributed by atoms with van der Waals surface area (Å²) in [5, 5.41) is 4.49.